The third-order valence-electron chi connectivity index (χ3n) is 2.94. The molecule has 0 aliphatic heterocycles. The summed E-state index contributed by atoms with van der Waals surface area (Å²) in [6.07, 6.45) is 1.68. The van der Waals surface area contributed by atoms with Crippen LogP contribution in [-0.4, -0.2) is 83.1 Å². The lowest BCUT2D eigenvalue weighted by Crippen LogP contribution is -2.28. The second-order valence-corrected chi connectivity index (χ2v) is 5.43. The summed E-state index contributed by atoms with van der Waals surface area (Å²) < 4.78 is 21.5. The van der Waals surface area contributed by atoms with Crippen LogP contribution in [-0.2, 0) is 23.7 Å². The number of hydrogen-bond donors (Lipinski definition) is 3. The number of hydrogen-bond acceptors (Lipinski definition) is 7. The van der Waals surface area contributed by atoms with E-state index in [-0.39, 0.29) is 12.0 Å². The van der Waals surface area contributed by atoms with Gasteiger partial charge in [0, 0.05) is 26.1 Å². The predicted octanol–water partition coefficient (Wildman–Crippen LogP) is -0.321. The zero-order valence-corrected chi connectivity index (χ0v) is 14.8. The molecule has 4 N–H and O–H groups in total. The first kappa shape index (κ1) is 23.2. The largest absolute Gasteiger partial charge is 0.392 e. The molecule has 0 aromatic heterocycles. The highest BCUT2D eigenvalue weighted by Gasteiger charge is 1.96. The van der Waals surface area contributed by atoms with Crippen LogP contribution in [0.3, 0.4) is 0 Å². The van der Waals surface area contributed by atoms with Gasteiger partial charge in [0.2, 0.25) is 5.91 Å². The molecule has 144 valence electrons. The normalized spacial score (nSPS) is 12.4. The van der Waals surface area contributed by atoms with Crippen LogP contribution in [0.4, 0.5) is 0 Å². The van der Waals surface area contributed by atoms with E-state index in [4.69, 9.17) is 29.8 Å². The van der Waals surface area contributed by atoms with Gasteiger partial charge in [-0.3, -0.25) is 4.79 Å². The SMILES string of the molecule is CC(O)CNCCOCCOCCOCCOCCCCC(N)=O. The molecule has 0 aromatic rings. The van der Waals surface area contributed by atoms with Crippen LogP contribution in [0.2, 0.25) is 0 Å². The lowest BCUT2D eigenvalue weighted by Gasteiger charge is -2.08. The molecule has 8 heteroatoms. The van der Waals surface area contributed by atoms with Gasteiger partial charge in [-0.2, -0.15) is 0 Å². The number of aliphatic hydroxyl groups excluding tert-OH is 1. The number of nitrogens with two attached hydrogens (primary N) is 1. The van der Waals surface area contributed by atoms with Crippen LogP contribution in [0.5, 0.6) is 0 Å². The summed E-state index contributed by atoms with van der Waals surface area (Å²) in [5, 5.41) is 12.1. The Morgan fingerprint density at radius 3 is 1.92 bits per heavy atom. The van der Waals surface area contributed by atoms with E-state index < -0.39 is 0 Å². The van der Waals surface area contributed by atoms with Crippen LogP contribution >= 0.6 is 0 Å². The fourth-order valence-corrected chi connectivity index (χ4v) is 1.72. The third-order valence-corrected chi connectivity index (χ3v) is 2.94. The fourth-order valence-electron chi connectivity index (χ4n) is 1.72. The Bertz CT molecular complexity index is 279. The molecular weight excluding hydrogens is 316 g/mol. The molecule has 0 aliphatic rings. The summed E-state index contributed by atoms with van der Waals surface area (Å²) in [5.74, 6) is -0.267. The lowest BCUT2D eigenvalue weighted by molar-refractivity contribution is -0.118. The standard InChI is InChI=1S/C16H34N2O6/c1-15(19)14-18-5-7-22-9-11-24-13-12-23-10-8-21-6-3-2-4-16(17)20/h15,18-19H,2-14H2,1H3,(H2,17,20). The van der Waals surface area contributed by atoms with Crippen molar-refractivity contribution in [1.82, 2.24) is 5.32 Å². The Hall–Kier alpha value is -0.770. The van der Waals surface area contributed by atoms with E-state index in [1.807, 2.05) is 0 Å². The van der Waals surface area contributed by atoms with Gasteiger partial charge in [-0.25, -0.2) is 0 Å². The van der Waals surface area contributed by atoms with Crippen LogP contribution in [0.1, 0.15) is 26.2 Å². The Morgan fingerprint density at radius 1 is 0.917 bits per heavy atom. The minimum Gasteiger partial charge on any atom is -0.392 e. The second-order valence-electron chi connectivity index (χ2n) is 5.43. The molecule has 0 radical (unpaired) electrons. The van der Waals surface area contributed by atoms with Crippen molar-refractivity contribution in [2.24, 2.45) is 5.73 Å². The number of ether oxygens (including phenoxy) is 4. The zero-order valence-electron chi connectivity index (χ0n) is 14.8. The monoisotopic (exact) mass is 350 g/mol. The number of carbonyl (C=O) groups is 1. The number of primary amides is 1. The van der Waals surface area contributed by atoms with Crippen molar-refractivity contribution >= 4 is 5.91 Å². The maximum Gasteiger partial charge on any atom is 0.217 e. The van der Waals surface area contributed by atoms with E-state index in [2.05, 4.69) is 5.32 Å². The van der Waals surface area contributed by atoms with Crippen LogP contribution in [0, 0.1) is 0 Å². The highest BCUT2D eigenvalue weighted by Crippen LogP contribution is 1.94. The molecular formula is C16H34N2O6. The molecule has 1 unspecified atom stereocenters. The summed E-state index contributed by atoms with van der Waals surface area (Å²) in [6.45, 7) is 7.47. The Kier molecular flexibility index (Phi) is 18.0. The fraction of sp³-hybridized carbons (Fsp3) is 0.938. The van der Waals surface area contributed by atoms with Gasteiger partial charge < -0.3 is 35.1 Å². The quantitative estimate of drug-likeness (QED) is 0.274. The number of nitrogens with one attached hydrogen (secondary N) is 1. The number of aliphatic hydroxyl groups is 1. The van der Waals surface area contributed by atoms with Crippen molar-refractivity contribution in [2.75, 3.05) is 65.9 Å². The van der Waals surface area contributed by atoms with Crippen molar-refractivity contribution in [1.29, 1.82) is 0 Å². The van der Waals surface area contributed by atoms with E-state index in [0.717, 1.165) is 19.4 Å². The molecule has 0 heterocycles. The molecule has 0 saturated carbocycles. The van der Waals surface area contributed by atoms with Crippen molar-refractivity contribution < 1.29 is 28.8 Å². The van der Waals surface area contributed by atoms with E-state index in [9.17, 15) is 4.79 Å². The average Bonchev–Trinajstić information content (AvgIpc) is 2.53. The van der Waals surface area contributed by atoms with Gasteiger partial charge >= 0.3 is 0 Å². The first-order valence-corrected chi connectivity index (χ1v) is 8.61. The molecule has 1 atom stereocenters. The van der Waals surface area contributed by atoms with Gasteiger partial charge in [0.15, 0.2) is 0 Å². The average molecular weight is 350 g/mol. The third kappa shape index (κ3) is 21.2. The summed E-state index contributed by atoms with van der Waals surface area (Å²) in [5.41, 5.74) is 5.04. The highest BCUT2D eigenvalue weighted by molar-refractivity contribution is 5.73. The molecule has 0 fully saturated rings. The number of unbranched alkanes of at least 4 members (excludes halogenated alkanes) is 1. The molecule has 0 aromatic carbocycles. The van der Waals surface area contributed by atoms with Crippen molar-refractivity contribution in [2.45, 2.75) is 32.3 Å². The van der Waals surface area contributed by atoms with Gasteiger partial charge in [-0.1, -0.05) is 0 Å². The molecule has 0 rings (SSSR count). The topological polar surface area (TPSA) is 112 Å². The van der Waals surface area contributed by atoms with Crippen molar-refractivity contribution in [3.05, 3.63) is 0 Å². The first-order chi connectivity index (χ1) is 11.6. The Balaban J connectivity index is 2.99. The molecule has 0 saturated heterocycles. The van der Waals surface area contributed by atoms with Gasteiger partial charge in [-0.05, 0) is 19.8 Å². The summed E-state index contributed by atoms with van der Waals surface area (Å²) in [4.78, 5) is 10.5. The predicted molar refractivity (Wildman–Crippen MR) is 90.9 cm³/mol. The molecule has 0 bridgehead atoms. The number of rotatable bonds is 19. The molecule has 0 spiro atoms. The molecule has 24 heavy (non-hydrogen) atoms. The molecule has 8 nitrogen and oxygen atoms in total. The maximum absolute atomic E-state index is 10.5. The van der Waals surface area contributed by atoms with Gasteiger partial charge in [0.1, 0.15) is 0 Å². The summed E-state index contributed by atoms with van der Waals surface area (Å²) in [6, 6.07) is 0. The Morgan fingerprint density at radius 2 is 1.42 bits per heavy atom. The van der Waals surface area contributed by atoms with Crippen molar-refractivity contribution in [3.63, 3.8) is 0 Å². The van der Waals surface area contributed by atoms with E-state index in [1.165, 1.54) is 0 Å². The van der Waals surface area contributed by atoms with Gasteiger partial charge in [0.05, 0.1) is 52.4 Å². The molecule has 0 aliphatic carbocycles. The highest BCUT2D eigenvalue weighted by atomic mass is 16.6. The minimum absolute atomic E-state index is 0.267. The van der Waals surface area contributed by atoms with E-state index in [0.29, 0.717) is 65.8 Å². The van der Waals surface area contributed by atoms with Crippen LogP contribution < -0.4 is 11.1 Å². The number of carbonyl (C=O) groups excluding carboxylic acids is 1. The number of amides is 1. The summed E-state index contributed by atoms with van der Waals surface area (Å²) >= 11 is 0. The van der Waals surface area contributed by atoms with Gasteiger partial charge in [0.25, 0.3) is 0 Å². The lowest BCUT2D eigenvalue weighted by atomic mass is 10.2. The van der Waals surface area contributed by atoms with Crippen LogP contribution in [0.25, 0.3) is 0 Å². The second kappa shape index (κ2) is 18.6. The van der Waals surface area contributed by atoms with E-state index >= 15 is 0 Å². The first-order valence-electron chi connectivity index (χ1n) is 8.61. The zero-order chi connectivity index (χ0) is 17.9. The van der Waals surface area contributed by atoms with Crippen LogP contribution in [0.15, 0.2) is 0 Å². The van der Waals surface area contributed by atoms with E-state index in [1.54, 1.807) is 6.92 Å². The maximum atomic E-state index is 10.5. The van der Waals surface area contributed by atoms with Crippen molar-refractivity contribution in [3.8, 4) is 0 Å². The van der Waals surface area contributed by atoms with Gasteiger partial charge in [-0.15, -0.1) is 0 Å². The molecule has 1 amide bonds. The summed E-state index contributed by atoms with van der Waals surface area (Å²) in [7, 11) is 0. The minimum atomic E-state index is -0.333. The smallest absolute Gasteiger partial charge is 0.217 e. The Labute approximate surface area is 145 Å².